The molecule has 9 nitrogen and oxygen atoms in total. The van der Waals surface area contributed by atoms with Crippen molar-refractivity contribution < 1.29 is 13.2 Å². The molecule has 0 atom stereocenters. The second kappa shape index (κ2) is 10.5. The number of benzene rings is 2. The summed E-state index contributed by atoms with van der Waals surface area (Å²) in [7, 11) is -1.83. The van der Waals surface area contributed by atoms with Crippen molar-refractivity contribution in [2.45, 2.75) is 37.5 Å². The summed E-state index contributed by atoms with van der Waals surface area (Å²) in [6, 6.07) is 15.7. The Hall–Kier alpha value is -3.37. The molecule has 1 saturated heterocycles. The number of nitrogens with one attached hydrogen (secondary N) is 2. The van der Waals surface area contributed by atoms with E-state index in [1.165, 1.54) is 4.68 Å². The first-order valence-corrected chi connectivity index (χ1v) is 13.2. The van der Waals surface area contributed by atoms with Gasteiger partial charge in [-0.15, -0.1) is 0 Å². The predicted molar refractivity (Wildman–Crippen MR) is 137 cm³/mol. The molecule has 2 aromatic carbocycles. The normalized spacial score (nSPS) is 14.9. The van der Waals surface area contributed by atoms with Gasteiger partial charge in [0.2, 0.25) is 15.9 Å². The lowest BCUT2D eigenvalue weighted by Crippen LogP contribution is -2.32. The summed E-state index contributed by atoms with van der Waals surface area (Å²) in [6.45, 7) is 2.70. The average molecular weight is 498 g/mol. The smallest absolute Gasteiger partial charge is 0.295 e. The van der Waals surface area contributed by atoms with Gasteiger partial charge in [0.1, 0.15) is 5.69 Å². The van der Waals surface area contributed by atoms with Crippen molar-refractivity contribution in [3.63, 3.8) is 0 Å². The third-order valence-electron chi connectivity index (χ3n) is 6.31. The number of nitrogens with zero attached hydrogens (tertiary/aromatic N) is 3. The van der Waals surface area contributed by atoms with E-state index in [0.29, 0.717) is 30.2 Å². The fourth-order valence-corrected chi connectivity index (χ4v) is 5.84. The maximum absolute atomic E-state index is 13.1. The van der Waals surface area contributed by atoms with Crippen LogP contribution in [0.1, 0.15) is 31.4 Å². The van der Waals surface area contributed by atoms with Crippen LogP contribution in [-0.2, 0) is 21.9 Å². The highest BCUT2D eigenvalue weighted by Gasteiger charge is 2.25. The van der Waals surface area contributed by atoms with Crippen LogP contribution in [0.15, 0.2) is 64.3 Å². The largest absolute Gasteiger partial charge is 0.376 e. The van der Waals surface area contributed by atoms with Crippen LogP contribution in [-0.4, -0.2) is 47.6 Å². The van der Waals surface area contributed by atoms with Gasteiger partial charge in [0.15, 0.2) is 0 Å². The number of amides is 1. The molecule has 1 fully saturated rings. The molecule has 0 saturated carbocycles. The van der Waals surface area contributed by atoms with Crippen LogP contribution in [0.2, 0.25) is 0 Å². The van der Waals surface area contributed by atoms with Crippen molar-refractivity contribution in [1.82, 2.24) is 13.7 Å². The van der Waals surface area contributed by atoms with Crippen molar-refractivity contribution >= 4 is 27.3 Å². The van der Waals surface area contributed by atoms with Crippen molar-refractivity contribution in [2.24, 2.45) is 7.05 Å². The fraction of sp³-hybridized carbons (Fsp3) is 0.360. The summed E-state index contributed by atoms with van der Waals surface area (Å²) in [4.78, 5) is 25.8. The van der Waals surface area contributed by atoms with Gasteiger partial charge >= 0.3 is 0 Å². The zero-order chi connectivity index (χ0) is 25.0. The Balaban J connectivity index is 1.45. The van der Waals surface area contributed by atoms with E-state index < -0.39 is 15.9 Å². The first-order chi connectivity index (χ1) is 16.8. The SMILES string of the molecule is Cc1c(NC(=O)CNc2cccc(S(=O)(=O)N3CCCCCC3)c2)c(=O)n(-c2ccccc2)n1C. The van der Waals surface area contributed by atoms with Crippen LogP contribution in [0.4, 0.5) is 11.4 Å². The van der Waals surface area contributed by atoms with Crippen LogP contribution in [0.25, 0.3) is 5.69 Å². The van der Waals surface area contributed by atoms with E-state index >= 15 is 0 Å². The predicted octanol–water partition coefficient (Wildman–Crippen LogP) is 3.10. The lowest BCUT2D eigenvalue weighted by molar-refractivity contribution is -0.114. The van der Waals surface area contributed by atoms with Gasteiger partial charge < -0.3 is 10.6 Å². The Labute approximate surface area is 205 Å². The Morgan fingerprint density at radius 3 is 2.34 bits per heavy atom. The molecular formula is C25H31N5O4S. The highest BCUT2D eigenvalue weighted by molar-refractivity contribution is 7.89. The molecule has 35 heavy (non-hydrogen) atoms. The number of anilines is 2. The first-order valence-electron chi connectivity index (χ1n) is 11.8. The highest BCUT2D eigenvalue weighted by atomic mass is 32.2. The number of hydrogen-bond acceptors (Lipinski definition) is 5. The molecule has 3 aromatic rings. The lowest BCUT2D eigenvalue weighted by atomic mass is 10.2. The maximum atomic E-state index is 13.1. The number of aromatic nitrogens is 2. The average Bonchev–Trinajstić information content (AvgIpc) is 3.07. The van der Waals surface area contributed by atoms with Gasteiger partial charge in [0, 0.05) is 25.8 Å². The van der Waals surface area contributed by atoms with Gasteiger partial charge in [-0.1, -0.05) is 37.1 Å². The van der Waals surface area contributed by atoms with Crippen LogP contribution in [0.3, 0.4) is 0 Å². The molecule has 186 valence electrons. The number of carbonyl (C=O) groups is 1. The summed E-state index contributed by atoms with van der Waals surface area (Å²) in [6.07, 6.45) is 3.81. The molecule has 0 spiro atoms. The quantitative estimate of drug-likeness (QED) is 0.522. The highest BCUT2D eigenvalue weighted by Crippen LogP contribution is 2.22. The van der Waals surface area contributed by atoms with Crippen LogP contribution in [0.5, 0.6) is 0 Å². The van der Waals surface area contributed by atoms with Crippen LogP contribution >= 0.6 is 0 Å². The molecule has 4 rings (SSSR count). The van der Waals surface area contributed by atoms with Crippen molar-refractivity contribution in [1.29, 1.82) is 0 Å². The van der Waals surface area contributed by atoms with Gasteiger partial charge in [-0.2, -0.15) is 4.31 Å². The van der Waals surface area contributed by atoms with Gasteiger partial charge in [-0.3, -0.25) is 14.3 Å². The second-order valence-corrected chi connectivity index (χ2v) is 10.6. The molecule has 0 bridgehead atoms. The molecule has 1 aliphatic heterocycles. The third-order valence-corrected chi connectivity index (χ3v) is 8.20. The minimum atomic E-state index is -3.59. The molecule has 2 N–H and O–H groups in total. The molecule has 0 aliphatic carbocycles. The summed E-state index contributed by atoms with van der Waals surface area (Å²) >= 11 is 0. The standard InChI is InChI=1S/C25H31N5O4S/c1-19-24(25(32)30(28(19)2)21-12-6-5-7-13-21)27-23(31)18-26-20-11-10-14-22(17-20)35(33,34)29-15-8-3-4-9-16-29/h5-7,10-14,17,26H,3-4,8-9,15-16,18H2,1-2H3,(H,27,31). The van der Waals surface area contributed by atoms with Crippen molar-refractivity contribution in [3.05, 3.63) is 70.6 Å². The van der Waals surface area contributed by atoms with E-state index in [0.717, 1.165) is 25.7 Å². The first kappa shape index (κ1) is 24.7. The summed E-state index contributed by atoms with van der Waals surface area (Å²) in [5.41, 5.74) is 1.72. The molecule has 0 radical (unpaired) electrons. The maximum Gasteiger partial charge on any atom is 0.295 e. The van der Waals surface area contributed by atoms with Gasteiger partial charge in [-0.05, 0) is 50.1 Å². The number of para-hydroxylation sites is 1. The molecule has 1 aliphatic rings. The number of rotatable bonds is 7. The molecule has 1 aromatic heterocycles. The third kappa shape index (κ3) is 5.33. The number of hydrogen-bond donors (Lipinski definition) is 2. The van der Waals surface area contributed by atoms with E-state index in [1.54, 1.807) is 47.2 Å². The van der Waals surface area contributed by atoms with Crippen molar-refractivity contribution in [2.75, 3.05) is 30.3 Å². The fourth-order valence-electron chi connectivity index (χ4n) is 4.28. The Bertz CT molecular complexity index is 1350. The summed E-state index contributed by atoms with van der Waals surface area (Å²) < 4.78 is 30.9. The Morgan fingerprint density at radius 2 is 1.66 bits per heavy atom. The summed E-state index contributed by atoms with van der Waals surface area (Å²) in [5, 5.41) is 5.67. The number of carbonyl (C=O) groups excluding carboxylic acids is 1. The topological polar surface area (TPSA) is 105 Å². The number of sulfonamides is 1. The monoisotopic (exact) mass is 497 g/mol. The molecule has 1 amide bonds. The molecule has 0 unspecified atom stereocenters. The zero-order valence-corrected chi connectivity index (χ0v) is 20.8. The minimum absolute atomic E-state index is 0.119. The van der Waals surface area contributed by atoms with Gasteiger partial charge in [0.05, 0.1) is 22.8 Å². The lowest BCUT2D eigenvalue weighted by Gasteiger charge is -2.20. The molecular weight excluding hydrogens is 466 g/mol. The second-order valence-electron chi connectivity index (χ2n) is 8.68. The molecule has 2 heterocycles. The van der Waals surface area contributed by atoms with Crippen LogP contribution in [0, 0.1) is 6.92 Å². The van der Waals surface area contributed by atoms with E-state index in [-0.39, 0.29) is 22.7 Å². The Morgan fingerprint density at radius 1 is 0.971 bits per heavy atom. The van der Waals surface area contributed by atoms with E-state index in [2.05, 4.69) is 10.6 Å². The molecule has 10 heteroatoms. The van der Waals surface area contributed by atoms with Gasteiger partial charge in [0.25, 0.3) is 5.56 Å². The zero-order valence-electron chi connectivity index (χ0n) is 20.0. The minimum Gasteiger partial charge on any atom is -0.376 e. The van der Waals surface area contributed by atoms with E-state index in [4.69, 9.17) is 0 Å². The van der Waals surface area contributed by atoms with Gasteiger partial charge in [-0.25, -0.2) is 13.1 Å². The van der Waals surface area contributed by atoms with Crippen molar-refractivity contribution in [3.8, 4) is 5.69 Å². The van der Waals surface area contributed by atoms with E-state index in [9.17, 15) is 18.0 Å². The Kier molecular flexibility index (Phi) is 7.42. The van der Waals surface area contributed by atoms with Crippen LogP contribution < -0.4 is 16.2 Å². The summed E-state index contributed by atoms with van der Waals surface area (Å²) in [5.74, 6) is -0.406. The van der Waals surface area contributed by atoms with E-state index in [1.807, 2.05) is 30.3 Å².